The zero-order valence-electron chi connectivity index (χ0n) is 13.3. The number of nitrogens with zero attached hydrogens (tertiary/aromatic N) is 2. The van der Waals surface area contributed by atoms with Crippen LogP contribution >= 0.6 is 0 Å². The van der Waals surface area contributed by atoms with Crippen molar-refractivity contribution in [3.05, 3.63) is 23.9 Å². The molecule has 120 valence electrons. The molecule has 5 nitrogen and oxygen atoms in total. The van der Waals surface area contributed by atoms with Crippen molar-refractivity contribution in [1.82, 2.24) is 4.98 Å². The summed E-state index contributed by atoms with van der Waals surface area (Å²) >= 11 is 0. The van der Waals surface area contributed by atoms with Gasteiger partial charge in [0.15, 0.2) is 0 Å². The van der Waals surface area contributed by atoms with Crippen LogP contribution in [0.3, 0.4) is 0 Å². The Morgan fingerprint density at radius 3 is 2.95 bits per heavy atom. The van der Waals surface area contributed by atoms with E-state index in [0.29, 0.717) is 17.4 Å². The van der Waals surface area contributed by atoms with Crippen molar-refractivity contribution < 1.29 is 14.6 Å². The second-order valence-electron chi connectivity index (χ2n) is 6.52. The van der Waals surface area contributed by atoms with E-state index in [9.17, 15) is 9.90 Å². The van der Waals surface area contributed by atoms with Crippen molar-refractivity contribution in [3.8, 4) is 0 Å². The van der Waals surface area contributed by atoms with Crippen LogP contribution in [0.5, 0.6) is 0 Å². The van der Waals surface area contributed by atoms with E-state index < -0.39 is 5.60 Å². The molecule has 3 rings (SSSR count). The summed E-state index contributed by atoms with van der Waals surface area (Å²) in [4.78, 5) is 18.1. The standard InChI is InChI=1S/C17H24N2O3/c1-3-17(21)8-4-5-13-10-19(11-14(13)17)15-7-6-12(9-18-15)16(20)22-2/h6-7,9,13-14,21H,3-5,8,10-11H2,1-2H3/t13-,14+,17-/m0/s1. The third-order valence-electron chi connectivity index (χ3n) is 5.42. The maximum Gasteiger partial charge on any atom is 0.339 e. The summed E-state index contributed by atoms with van der Waals surface area (Å²) in [5.41, 5.74) is -0.0585. The molecule has 2 aliphatic rings. The van der Waals surface area contributed by atoms with Gasteiger partial charge in [-0.1, -0.05) is 13.3 Å². The summed E-state index contributed by atoms with van der Waals surface area (Å²) in [6.07, 6.45) is 5.58. The van der Waals surface area contributed by atoms with Gasteiger partial charge in [-0.05, 0) is 37.3 Å². The van der Waals surface area contributed by atoms with E-state index in [1.807, 2.05) is 6.07 Å². The summed E-state index contributed by atoms with van der Waals surface area (Å²) in [6, 6.07) is 3.62. The van der Waals surface area contributed by atoms with Crippen LogP contribution in [0.25, 0.3) is 0 Å². The minimum absolute atomic E-state index is 0.327. The van der Waals surface area contributed by atoms with Crippen LogP contribution in [0.15, 0.2) is 18.3 Å². The second-order valence-corrected chi connectivity index (χ2v) is 6.52. The average Bonchev–Trinajstić information content (AvgIpc) is 3.00. The molecule has 2 fully saturated rings. The lowest BCUT2D eigenvalue weighted by molar-refractivity contribution is -0.0597. The lowest BCUT2D eigenvalue weighted by atomic mass is 9.69. The number of hydrogen-bond donors (Lipinski definition) is 1. The van der Waals surface area contributed by atoms with Crippen LogP contribution in [0.1, 0.15) is 43.0 Å². The Kier molecular flexibility index (Phi) is 4.08. The van der Waals surface area contributed by atoms with E-state index in [-0.39, 0.29) is 5.97 Å². The van der Waals surface area contributed by atoms with E-state index in [0.717, 1.165) is 38.2 Å². The SMILES string of the molecule is CC[C@]1(O)CCC[C@H]2CN(c3ccc(C(=O)OC)cn3)C[C@H]21. The Balaban J connectivity index is 1.76. The summed E-state index contributed by atoms with van der Waals surface area (Å²) in [5, 5.41) is 10.9. The number of esters is 1. The van der Waals surface area contributed by atoms with Crippen LogP contribution in [-0.2, 0) is 4.74 Å². The van der Waals surface area contributed by atoms with Gasteiger partial charge in [0.05, 0.1) is 18.3 Å². The molecule has 3 atom stereocenters. The largest absolute Gasteiger partial charge is 0.465 e. The third kappa shape index (κ3) is 2.58. The monoisotopic (exact) mass is 304 g/mol. The molecule has 1 aliphatic heterocycles. The molecule has 1 saturated carbocycles. The first-order valence-corrected chi connectivity index (χ1v) is 8.09. The average molecular weight is 304 g/mol. The molecule has 1 aromatic rings. The van der Waals surface area contributed by atoms with Gasteiger partial charge in [0.2, 0.25) is 0 Å². The third-order valence-corrected chi connectivity index (χ3v) is 5.42. The number of methoxy groups -OCH3 is 1. The molecule has 1 N–H and O–H groups in total. The van der Waals surface area contributed by atoms with Gasteiger partial charge >= 0.3 is 5.97 Å². The molecule has 0 amide bonds. The first-order valence-electron chi connectivity index (χ1n) is 8.09. The number of rotatable bonds is 3. The topological polar surface area (TPSA) is 62.7 Å². The van der Waals surface area contributed by atoms with Gasteiger partial charge in [0.1, 0.15) is 5.82 Å². The van der Waals surface area contributed by atoms with E-state index >= 15 is 0 Å². The van der Waals surface area contributed by atoms with Gasteiger partial charge in [-0.25, -0.2) is 9.78 Å². The fourth-order valence-electron chi connectivity index (χ4n) is 4.07. The van der Waals surface area contributed by atoms with Crippen LogP contribution < -0.4 is 4.90 Å². The Bertz CT molecular complexity index is 545. The van der Waals surface area contributed by atoms with Crippen molar-refractivity contribution in [2.24, 2.45) is 11.8 Å². The predicted octanol–water partition coefficient (Wildman–Crippen LogP) is 2.25. The van der Waals surface area contributed by atoms with Crippen molar-refractivity contribution in [2.75, 3.05) is 25.1 Å². The zero-order valence-corrected chi connectivity index (χ0v) is 13.3. The molecule has 1 aromatic heterocycles. The molecule has 5 heteroatoms. The van der Waals surface area contributed by atoms with Crippen molar-refractivity contribution >= 4 is 11.8 Å². The van der Waals surface area contributed by atoms with Gasteiger partial charge in [0, 0.05) is 25.2 Å². The summed E-state index contributed by atoms with van der Waals surface area (Å²) in [7, 11) is 1.37. The molecular weight excluding hydrogens is 280 g/mol. The number of aromatic nitrogens is 1. The number of carbonyl (C=O) groups is 1. The molecule has 0 aromatic carbocycles. The van der Waals surface area contributed by atoms with E-state index in [1.165, 1.54) is 13.5 Å². The Morgan fingerprint density at radius 1 is 1.50 bits per heavy atom. The highest BCUT2D eigenvalue weighted by Gasteiger charge is 2.47. The number of fused-ring (bicyclic) bond motifs is 1. The van der Waals surface area contributed by atoms with E-state index in [2.05, 4.69) is 16.8 Å². The number of hydrogen-bond acceptors (Lipinski definition) is 5. The van der Waals surface area contributed by atoms with Crippen LogP contribution in [0.2, 0.25) is 0 Å². The van der Waals surface area contributed by atoms with Gasteiger partial charge in [-0.3, -0.25) is 0 Å². The molecule has 0 bridgehead atoms. The second kappa shape index (κ2) is 5.88. The predicted molar refractivity (Wildman–Crippen MR) is 83.9 cm³/mol. The maximum absolute atomic E-state index is 11.5. The van der Waals surface area contributed by atoms with Gasteiger partial charge in [-0.15, -0.1) is 0 Å². The highest BCUT2D eigenvalue weighted by atomic mass is 16.5. The van der Waals surface area contributed by atoms with Crippen molar-refractivity contribution in [2.45, 2.75) is 38.2 Å². The van der Waals surface area contributed by atoms with Gasteiger partial charge in [-0.2, -0.15) is 0 Å². The van der Waals surface area contributed by atoms with Crippen LogP contribution in [0.4, 0.5) is 5.82 Å². The number of anilines is 1. The fourth-order valence-corrected chi connectivity index (χ4v) is 4.07. The lowest BCUT2D eigenvalue weighted by Gasteiger charge is -2.40. The smallest absolute Gasteiger partial charge is 0.339 e. The molecular formula is C17H24N2O3. The van der Waals surface area contributed by atoms with E-state index in [4.69, 9.17) is 4.74 Å². The number of ether oxygens (including phenoxy) is 1. The first kappa shape index (κ1) is 15.3. The normalized spacial score (nSPS) is 31.0. The van der Waals surface area contributed by atoms with E-state index in [1.54, 1.807) is 12.3 Å². The Morgan fingerprint density at radius 2 is 2.32 bits per heavy atom. The van der Waals surface area contributed by atoms with Crippen LogP contribution in [-0.4, -0.2) is 41.9 Å². The molecule has 0 unspecified atom stereocenters. The molecule has 2 heterocycles. The quantitative estimate of drug-likeness (QED) is 0.868. The molecule has 0 spiro atoms. The number of pyridine rings is 1. The molecule has 0 radical (unpaired) electrons. The van der Waals surface area contributed by atoms with Crippen molar-refractivity contribution in [3.63, 3.8) is 0 Å². The number of aliphatic hydroxyl groups is 1. The minimum atomic E-state index is -0.524. The summed E-state index contributed by atoms with van der Waals surface area (Å²) in [6.45, 7) is 3.87. The number of carbonyl (C=O) groups excluding carboxylic acids is 1. The minimum Gasteiger partial charge on any atom is -0.465 e. The molecule has 1 aliphatic carbocycles. The highest BCUT2D eigenvalue weighted by molar-refractivity contribution is 5.89. The summed E-state index contributed by atoms with van der Waals surface area (Å²) in [5.74, 6) is 1.38. The first-order chi connectivity index (χ1) is 10.6. The maximum atomic E-state index is 11.5. The fraction of sp³-hybridized carbons (Fsp3) is 0.647. The Hall–Kier alpha value is -1.62. The zero-order chi connectivity index (χ0) is 15.7. The van der Waals surface area contributed by atoms with Gasteiger partial charge in [0.25, 0.3) is 0 Å². The summed E-state index contributed by atoms with van der Waals surface area (Å²) < 4.78 is 4.70. The molecule has 22 heavy (non-hydrogen) atoms. The Labute approximate surface area is 131 Å². The van der Waals surface area contributed by atoms with Crippen LogP contribution in [0, 0.1) is 11.8 Å². The van der Waals surface area contributed by atoms with Crippen molar-refractivity contribution in [1.29, 1.82) is 0 Å². The van der Waals surface area contributed by atoms with Gasteiger partial charge < -0.3 is 14.7 Å². The molecule has 1 saturated heterocycles. The highest BCUT2D eigenvalue weighted by Crippen LogP contribution is 2.45. The lowest BCUT2D eigenvalue weighted by Crippen LogP contribution is -2.44.